The van der Waals surface area contributed by atoms with Gasteiger partial charge < -0.3 is 5.73 Å². The number of carbonyl (C=O) groups is 1. The summed E-state index contributed by atoms with van der Waals surface area (Å²) in [5.41, 5.74) is 7.76. The van der Waals surface area contributed by atoms with Crippen molar-refractivity contribution in [1.82, 2.24) is 9.84 Å². The molecular formula is C9H13N3O3S. The second kappa shape index (κ2) is 4.50. The molecule has 1 rings (SSSR count). The van der Waals surface area contributed by atoms with Crippen LogP contribution in [0.3, 0.4) is 0 Å². The molecule has 3 N–H and O–H groups in total. The van der Waals surface area contributed by atoms with E-state index in [2.05, 4.69) is 0 Å². The normalized spacial score (nSPS) is 11.4. The number of hydrogen-bond donors (Lipinski definition) is 2. The van der Waals surface area contributed by atoms with Crippen molar-refractivity contribution >= 4 is 16.1 Å². The van der Waals surface area contributed by atoms with Crippen LogP contribution >= 0.6 is 0 Å². The molecule has 0 saturated heterocycles. The zero-order chi connectivity index (χ0) is 12.3. The Kier molecular flexibility index (Phi) is 3.51. The molecule has 0 aliphatic rings. The molecule has 1 aromatic carbocycles. The largest absolute Gasteiger partial charge is 0.351 e. The molecule has 88 valence electrons. The average molecular weight is 243 g/mol. The van der Waals surface area contributed by atoms with Gasteiger partial charge in [0.15, 0.2) is 0 Å². The zero-order valence-corrected chi connectivity index (χ0v) is 9.78. The average Bonchev–Trinajstić information content (AvgIpc) is 2.17. The number of nitrogens with zero attached hydrogens (tertiary/aromatic N) is 1. The topological polar surface area (TPSA) is 92.5 Å². The molecule has 0 aliphatic carbocycles. The smallest absolute Gasteiger partial charge is 0.327 e. The van der Waals surface area contributed by atoms with E-state index in [1.54, 1.807) is 12.1 Å². The molecule has 16 heavy (non-hydrogen) atoms. The lowest BCUT2D eigenvalue weighted by molar-refractivity contribution is 0.234. The first kappa shape index (κ1) is 12.5. The third-order valence-electron chi connectivity index (χ3n) is 1.95. The van der Waals surface area contributed by atoms with E-state index in [4.69, 9.17) is 5.73 Å². The van der Waals surface area contributed by atoms with Crippen molar-refractivity contribution in [1.29, 1.82) is 0 Å². The standard InChI is InChI=1S/C9H13N3O3S/c1-7-3-5-8(6-4-7)16(14,15)12(2)11-9(10)13/h3-6H,1-2H3,(H3,10,11,13). The number of benzene rings is 1. The van der Waals surface area contributed by atoms with Crippen LogP contribution in [0.2, 0.25) is 0 Å². The van der Waals surface area contributed by atoms with Gasteiger partial charge in [-0.3, -0.25) is 5.43 Å². The highest BCUT2D eigenvalue weighted by atomic mass is 32.2. The molecule has 0 atom stereocenters. The number of amides is 2. The summed E-state index contributed by atoms with van der Waals surface area (Å²) >= 11 is 0. The van der Waals surface area contributed by atoms with E-state index >= 15 is 0 Å². The molecule has 2 amide bonds. The van der Waals surface area contributed by atoms with Crippen LogP contribution in [0.5, 0.6) is 0 Å². The lowest BCUT2D eigenvalue weighted by atomic mass is 10.2. The fourth-order valence-corrected chi connectivity index (χ4v) is 2.09. The number of carbonyl (C=O) groups excluding carboxylic acids is 1. The van der Waals surface area contributed by atoms with Gasteiger partial charge in [0, 0.05) is 7.05 Å². The number of nitrogens with two attached hydrogens (primary N) is 1. The Hall–Kier alpha value is -1.60. The van der Waals surface area contributed by atoms with Gasteiger partial charge in [-0.25, -0.2) is 13.2 Å². The molecule has 0 bridgehead atoms. The predicted molar refractivity (Wildman–Crippen MR) is 58.8 cm³/mol. The van der Waals surface area contributed by atoms with E-state index in [-0.39, 0.29) is 4.90 Å². The second-order valence-corrected chi connectivity index (χ2v) is 5.23. The summed E-state index contributed by atoms with van der Waals surface area (Å²) in [6.07, 6.45) is 0. The summed E-state index contributed by atoms with van der Waals surface area (Å²) in [5.74, 6) is 0. The molecule has 0 fully saturated rings. The number of aryl methyl sites for hydroxylation is 1. The van der Waals surface area contributed by atoms with Gasteiger partial charge in [0.25, 0.3) is 10.0 Å². The Balaban J connectivity index is 3.02. The predicted octanol–water partition coefficient (Wildman–Crippen LogP) is 0.199. The molecule has 1 aromatic rings. The number of sulfonamides is 1. The van der Waals surface area contributed by atoms with Gasteiger partial charge in [-0.05, 0) is 19.1 Å². The molecule has 0 aromatic heterocycles. The van der Waals surface area contributed by atoms with Crippen LogP contribution in [-0.4, -0.2) is 25.9 Å². The van der Waals surface area contributed by atoms with Gasteiger partial charge in [0.2, 0.25) is 0 Å². The SMILES string of the molecule is Cc1ccc(S(=O)(=O)N(C)NC(N)=O)cc1. The molecular weight excluding hydrogens is 230 g/mol. The quantitative estimate of drug-likeness (QED) is 0.743. The third-order valence-corrected chi connectivity index (χ3v) is 3.63. The van der Waals surface area contributed by atoms with E-state index < -0.39 is 16.1 Å². The first-order chi connectivity index (χ1) is 7.34. The Morgan fingerprint density at radius 2 is 1.81 bits per heavy atom. The van der Waals surface area contributed by atoms with E-state index in [0.29, 0.717) is 4.41 Å². The van der Waals surface area contributed by atoms with E-state index in [9.17, 15) is 13.2 Å². The Bertz CT molecular complexity index is 481. The minimum absolute atomic E-state index is 0.0920. The molecule has 0 aliphatic heterocycles. The molecule has 0 unspecified atom stereocenters. The lowest BCUT2D eigenvalue weighted by Gasteiger charge is -2.16. The van der Waals surface area contributed by atoms with Crippen LogP contribution in [0, 0.1) is 6.92 Å². The maximum atomic E-state index is 11.8. The van der Waals surface area contributed by atoms with Crippen molar-refractivity contribution in [2.45, 2.75) is 11.8 Å². The minimum Gasteiger partial charge on any atom is -0.351 e. The molecule has 0 spiro atoms. The van der Waals surface area contributed by atoms with Crippen LogP contribution in [0.4, 0.5) is 4.79 Å². The monoisotopic (exact) mass is 243 g/mol. The highest BCUT2D eigenvalue weighted by Gasteiger charge is 2.21. The maximum Gasteiger partial charge on any atom is 0.327 e. The summed E-state index contributed by atoms with van der Waals surface area (Å²) in [7, 11) is -2.52. The molecule has 7 heteroatoms. The number of urea groups is 1. The van der Waals surface area contributed by atoms with Crippen molar-refractivity contribution < 1.29 is 13.2 Å². The zero-order valence-electron chi connectivity index (χ0n) is 8.97. The van der Waals surface area contributed by atoms with E-state index in [1.807, 2.05) is 12.3 Å². The first-order valence-corrected chi connectivity index (χ1v) is 5.90. The Morgan fingerprint density at radius 1 is 1.31 bits per heavy atom. The van der Waals surface area contributed by atoms with Crippen molar-refractivity contribution in [2.75, 3.05) is 7.05 Å². The number of primary amides is 1. The van der Waals surface area contributed by atoms with E-state index in [0.717, 1.165) is 5.56 Å². The fraction of sp³-hybridized carbons (Fsp3) is 0.222. The van der Waals surface area contributed by atoms with Gasteiger partial charge in [-0.1, -0.05) is 17.7 Å². The molecule has 0 heterocycles. The van der Waals surface area contributed by atoms with Crippen LogP contribution in [0.15, 0.2) is 29.2 Å². The van der Waals surface area contributed by atoms with Crippen LogP contribution in [0.1, 0.15) is 5.56 Å². The van der Waals surface area contributed by atoms with E-state index in [1.165, 1.54) is 19.2 Å². The van der Waals surface area contributed by atoms with Crippen molar-refractivity contribution in [2.24, 2.45) is 5.73 Å². The third kappa shape index (κ3) is 2.71. The highest BCUT2D eigenvalue weighted by Crippen LogP contribution is 2.13. The van der Waals surface area contributed by atoms with Gasteiger partial charge in [-0.15, -0.1) is 4.41 Å². The van der Waals surface area contributed by atoms with Crippen LogP contribution in [-0.2, 0) is 10.0 Å². The summed E-state index contributed by atoms with van der Waals surface area (Å²) in [4.78, 5) is 10.6. The number of hydrazine groups is 1. The number of nitrogens with one attached hydrogen (secondary N) is 1. The molecule has 0 saturated carbocycles. The van der Waals surface area contributed by atoms with Gasteiger partial charge in [0.05, 0.1) is 4.90 Å². The lowest BCUT2D eigenvalue weighted by Crippen LogP contribution is -2.45. The Labute approximate surface area is 94.1 Å². The Morgan fingerprint density at radius 3 is 2.25 bits per heavy atom. The summed E-state index contributed by atoms with van der Waals surface area (Å²) in [6.45, 7) is 1.85. The fourth-order valence-electron chi connectivity index (χ4n) is 1.08. The van der Waals surface area contributed by atoms with Gasteiger partial charge in [0.1, 0.15) is 0 Å². The summed E-state index contributed by atoms with van der Waals surface area (Å²) in [5, 5.41) is 0. The first-order valence-electron chi connectivity index (χ1n) is 4.46. The second-order valence-electron chi connectivity index (χ2n) is 3.26. The molecule has 0 radical (unpaired) electrons. The summed E-state index contributed by atoms with van der Waals surface area (Å²) in [6, 6.07) is 5.34. The van der Waals surface area contributed by atoms with Crippen molar-refractivity contribution in [3.05, 3.63) is 29.8 Å². The van der Waals surface area contributed by atoms with Crippen molar-refractivity contribution in [3.63, 3.8) is 0 Å². The summed E-state index contributed by atoms with van der Waals surface area (Å²) < 4.78 is 24.3. The van der Waals surface area contributed by atoms with Crippen molar-refractivity contribution in [3.8, 4) is 0 Å². The maximum absolute atomic E-state index is 11.8. The van der Waals surface area contributed by atoms with Gasteiger partial charge >= 0.3 is 6.03 Å². The number of rotatable bonds is 3. The van der Waals surface area contributed by atoms with Crippen LogP contribution < -0.4 is 11.2 Å². The minimum atomic E-state index is -3.73. The molecule has 6 nitrogen and oxygen atoms in total. The van der Waals surface area contributed by atoms with Crippen LogP contribution in [0.25, 0.3) is 0 Å². The van der Waals surface area contributed by atoms with Gasteiger partial charge in [-0.2, -0.15) is 0 Å². The number of hydrogen-bond acceptors (Lipinski definition) is 3. The highest BCUT2D eigenvalue weighted by molar-refractivity contribution is 7.89.